The van der Waals surface area contributed by atoms with E-state index in [1.807, 2.05) is 0 Å². The molecule has 0 bridgehead atoms. The molecule has 1 aromatic rings. The molecule has 0 radical (unpaired) electrons. The lowest BCUT2D eigenvalue weighted by Gasteiger charge is -2.21. The number of nitrogens with zero attached hydrogens (tertiary/aromatic N) is 1. The van der Waals surface area contributed by atoms with Crippen molar-refractivity contribution >= 4 is 15.9 Å². The van der Waals surface area contributed by atoms with E-state index in [-0.39, 0.29) is 19.0 Å². The minimum atomic E-state index is -3.58. The molecule has 1 aliphatic heterocycles. The average Bonchev–Trinajstić information content (AvgIpc) is 2.62. The van der Waals surface area contributed by atoms with E-state index in [0.29, 0.717) is 23.3 Å². The Kier molecular flexibility index (Phi) is 5.20. The lowest BCUT2D eigenvalue weighted by Crippen LogP contribution is -2.42. The van der Waals surface area contributed by atoms with Crippen LogP contribution in [0.15, 0.2) is 29.2 Å². The minimum absolute atomic E-state index is 0.223. The number of hydrogen-bond donors (Lipinski definition) is 2. The molecule has 1 saturated heterocycles. The van der Waals surface area contributed by atoms with Crippen molar-refractivity contribution in [3.63, 3.8) is 0 Å². The van der Waals surface area contributed by atoms with Gasteiger partial charge in [0.2, 0.25) is 15.9 Å². The van der Waals surface area contributed by atoms with Gasteiger partial charge in [-0.3, -0.25) is 4.79 Å². The Hall–Kier alpha value is -1.44. The summed E-state index contributed by atoms with van der Waals surface area (Å²) in [7, 11) is -3.58. The quantitative estimate of drug-likeness (QED) is 0.854. The standard InChI is InChI=1S/C15H22N2O4S/c1-11-5-3-4-6-15(11)22(20,21)17-9-7-13(16-12(2)18)14(19)8-10-17/h3-6,13-14,19H,7-10H2,1-2H3,(H,16,18)/t13-,14-/m0/s1. The molecular formula is C15H22N2O4S. The summed E-state index contributed by atoms with van der Waals surface area (Å²) in [6.07, 6.45) is -0.0389. The number of carbonyl (C=O) groups is 1. The summed E-state index contributed by atoms with van der Waals surface area (Å²) in [5.74, 6) is -0.223. The van der Waals surface area contributed by atoms with E-state index in [4.69, 9.17) is 0 Å². The van der Waals surface area contributed by atoms with Crippen molar-refractivity contribution in [2.75, 3.05) is 13.1 Å². The van der Waals surface area contributed by atoms with E-state index in [0.717, 1.165) is 0 Å². The number of aliphatic hydroxyl groups is 1. The van der Waals surface area contributed by atoms with Crippen molar-refractivity contribution in [3.8, 4) is 0 Å². The first kappa shape index (κ1) is 16.9. The van der Waals surface area contributed by atoms with Crippen LogP contribution >= 0.6 is 0 Å². The highest BCUT2D eigenvalue weighted by molar-refractivity contribution is 7.89. The second-order valence-corrected chi connectivity index (χ2v) is 7.53. The van der Waals surface area contributed by atoms with Crippen LogP contribution in [0, 0.1) is 6.92 Å². The monoisotopic (exact) mass is 326 g/mol. The van der Waals surface area contributed by atoms with Gasteiger partial charge >= 0.3 is 0 Å². The van der Waals surface area contributed by atoms with Gasteiger partial charge in [-0.05, 0) is 31.4 Å². The highest BCUT2D eigenvalue weighted by Crippen LogP contribution is 2.23. The number of hydrogen-bond acceptors (Lipinski definition) is 4. The predicted molar refractivity (Wildman–Crippen MR) is 82.8 cm³/mol. The van der Waals surface area contributed by atoms with Crippen molar-refractivity contribution in [3.05, 3.63) is 29.8 Å². The van der Waals surface area contributed by atoms with Crippen LogP contribution < -0.4 is 5.32 Å². The van der Waals surface area contributed by atoms with Crippen LogP contribution in [0.3, 0.4) is 0 Å². The number of benzene rings is 1. The number of amides is 1. The van der Waals surface area contributed by atoms with Gasteiger partial charge in [0.1, 0.15) is 0 Å². The largest absolute Gasteiger partial charge is 0.391 e. The van der Waals surface area contributed by atoms with Gasteiger partial charge in [-0.2, -0.15) is 4.31 Å². The van der Waals surface area contributed by atoms with E-state index in [2.05, 4.69) is 5.32 Å². The third kappa shape index (κ3) is 3.66. The fourth-order valence-electron chi connectivity index (χ4n) is 2.72. The number of sulfonamides is 1. The Morgan fingerprint density at radius 2 is 1.91 bits per heavy atom. The van der Waals surface area contributed by atoms with Gasteiger partial charge in [0.05, 0.1) is 17.0 Å². The number of aryl methyl sites for hydroxylation is 1. The number of carbonyl (C=O) groups excluding carboxylic acids is 1. The Labute approximate surface area is 131 Å². The number of rotatable bonds is 3. The van der Waals surface area contributed by atoms with Crippen molar-refractivity contribution in [2.45, 2.75) is 43.7 Å². The maximum atomic E-state index is 12.8. The molecule has 1 aliphatic rings. The fourth-order valence-corrected chi connectivity index (χ4v) is 4.41. The first-order valence-corrected chi connectivity index (χ1v) is 8.77. The van der Waals surface area contributed by atoms with E-state index in [1.54, 1.807) is 31.2 Å². The van der Waals surface area contributed by atoms with E-state index < -0.39 is 22.2 Å². The van der Waals surface area contributed by atoms with Crippen molar-refractivity contribution in [1.29, 1.82) is 0 Å². The molecule has 0 aliphatic carbocycles. The molecule has 0 unspecified atom stereocenters. The lowest BCUT2D eigenvalue weighted by molar-refractivity contribution is -0.120. The average molecular weight is 326 g/mol. The molecule has 1 aromatic carbocycles. The van der Waals surface area contributed by atoms with Gasteiger partial charge in [-0.25, -0.2) is 8.42 Å². The summed E-state index contributed by atoms with van der Waals surface area (Å²) < 4.78 is 26.9. The van der Waals surface area contributed by atoms with Crippen LogP contribution in [-0.2, 0) is 14.8 Å². The van der Waals surface area contributed by atoms with Crippen LogP contribution in [0.25, 0.3) is 0 Å². The summed E-state index contributed by atoms with van der Waals surface area (Å²) in [5.41, 5.74) is 0.700. The molecule has 2 N–H and O–H groups in total. The zero-order chi connectivity index (χ0) is 16.3. The molecule has 2 atom stereocenters. The van der Waals surface area contributed by atoms with Gasteiger partial charge in [0.15, 0.2) is 0 Å². The van der Waals surface area contributed by atoms with E-state index >= 15 is 0 Å². The first-order valence-electron chi connectivity index (χ1n) is 7.33. The van der Waals surface area contributed by atoms with Crippen LogP contribution in [0.2, 0.25) is 0 Å². The second kappa shape index (κ2) is 6.76. The van der Waals surface area contributed by atoms with Gasteiger partial charge in [-0.15, -0.1) is 0 Å². The highest BCUT2D eigenvalue weighted by Gasteiger charge is 2.32. The molecule has 2 rings (SSSR count). The zero-order valence-electron chi connectivity index (χ0n) is 12.8. The Morgan fingerprint density at radius 1 is 1.27 bits per heavy atom. The first-order chi connectivity index (χ1) is 10.3. The molecule has 0 aromatic heterocycles. The zero-order valence-corrected chi connectivity index (χ0v) is 13.6. The molecule has 1 fully saturated rings. The third-order valence-electron chi connectivity index (χ3n) is 3.93. The van der Waals surface area contributed by atoms with Crippen molar-refractivity contribution < 1.29 is 18.3 Å². The molecule has 0 spiro atoms. The van der Waals surface area contributed by atoms with Crippen LogP contribution in [0.1, 0.15) is 25.3 Å². The van der Waals surface area contributed by atoms with Crippen molar-refractivity contribution in [1.82, 2.24) is 9.62 Å². The molecule has 7 heteroatoms. The molecule has 122 valence electrons. The van der Waals surface area contributed by atoms with Crippen LogP contribution in [-0.4, -0.2) is 49.0 Å². The van der Waals surface area contributed by atoms with Gasteiger partial charge in [0, 0.05) is 20.0 Å². The Bertz CT molecular complexity index is 645. The number of nitrogens with one attached hydrogen (secondary N) is 1. The molecule has 1 heterocycles. The third-order valence-corrected chi connectivity index (χ3v) is 5.99. The normalized spacial score (nSPS) is 23.8. The van der Waals surface area contributed by atoms with Gasteiger partial charge in [-0.1, -0.05) is 18.2 Å². The smallest absolute Gasteiger partial charge is 0.243 e. The molecular weight excluding hydrogens is 304 g/mol. The van der Waals surface area contributed by atoms with Gasteiger partial charge in [0.25, 0.3) is 0 Å². The number of aliphatic hydroxyl groups excluding tert-OH is 1. The SMILES string of the molecule is CC(=O)N[C@H]1CCN(S(=O)(=O)c2ccccc2C)CC[C@@H]1O. The topological polar surface area (TPSA) is 86.7 Å². The summed E-state index contributed by atoms with van der Waals surface area (Å²) in [6, 6.07) is 6.45. The molecule has 6 nitrogen and oxygen atoms in total. The summed E-state index contributed by atoms with van der Waals surface area (Å²) in [6.45, 7) is 3.67. The molecule has 1 amide bonds. The van der Waals surface area contributed by atoms with Crippen LogP contribution in [0.5, 0.6) is 0 Å². The van der Waals surface area contributed by atoms with Crippen LogP contribution in [0.4, 0.5) is 0 Å². The van der Waals surface area contributed by atoms with E-state index in [1.165, 1.54) is 11.2 Å². The summed E-state index contributed by atoms with van der Waals surface area (Å²) in [4.78, 5) is 11.5. The Balaban J connectivity index is 2.20. The van der Waals surface area contributed by atoms with Gasteiger partial charge < -0.3 is 10.4 Å². The molecule has 22 heavy (non-hydrogen) atoms. The lowest BCUT2D eigenvalue weighted by atomic mass is 10.1. The minimum Gasteiger partial charge on any atom is -0.391 e. The molecule has 0 saturated carbocycles. The Morgan fingerprint density at radius 3 is 2.55 bits per heavy atom. The fraction of sp³-hybridized carbons (Fsp3) is 0.533. The maximum Gasteiger partial charge on any atom is 0.243 e. The summed E-state index contributed by atoms with van der Waals surface area (Å²) >= 11 is 0. The highest BCUT2D eigenvalue weighted by atomic mass is 32.2. The maximum absolute atomic E-state index is 12.8. The summed E-state index contributed by atoms with van der Waals surface area (Å²) in [5, 5.41) is 12.8. The van der Waals surface area contributed by atoms with E-state index in [9.17, 15) is 18.3 Å². The second-order valence-electron chi connectivity index (χ2n) is 5.62. The van der Waals surface area contributed by atoms with Crippen molar-refractivity contribution in [2.24, 2.45) is 0 Å². The predicted octanol–water partition coefficient (Wildman–Crippen LogP) is 0.645.